The Hall–Kier alpha value is -0.520. The summed E-state index contributed by atoms with van der Waals surface area (Å²) >= 11 is 3.20. The molecule has 3 nitrogen and oxygen atoms in total. The molecule has 0 amide bonds. The fraction of sp³-hybridized carbons (Fsp3) is 0.375. The van der Waals surface area contributed by atoms with Gasteiger partial charge in [-0.15, -0.1) is 0 Å². The Morgan fingerprint density at radius 3 is 2.85 bits per heavy atom. The average Bonchev–Trinajstić information content (AvgIpc) is 2.61. The minimum atomic E-state index is -0.606. The summed E-state index contributed by atoms with van der Waals surface area (Å²) in [6.45, 7) is 0.993. The number of ether oxygens (including phenoxy) is 2. The number of rotatable bonds is 1. The fourth-order valence-corrected chi connectivity index (χ4v) is 1.49. The lowest BCUT2D eigenvalue weighted by Crippen LogP contribution is -2.03. The molecule has 0 saturated carbocycles. The molecular weight excluding hydrogens is 241 g/mol. The number of hydrogen-bond acceptors (Lipinski definition) is 3. The number of halogens is 2. The van der Waals surface area contributed by atoms with E-state index in [1.165, 1.54) is 6.20 Å². The minimum absolute atomic E-state index is 0.340. The van der Waals surface area contributed by atoms with Crippen LogP contribution in [0.3, 0.4) is 0 Å². The molecular formula is C8H7BrFNO2. The van der Waals surface area contributed by atoms with Gasteiger partial charge < -0.3 is 9.47 Å². The summed E-state index contributed by atoms with van der Waals surface area (Å²) in [6, 6.07) is 1.61. The van der Waals surface area contributed by atoms with E-state index in [-0.39, 0.29) is 0 Å². The van der Waals surface area contributed by atoms with Gasteiger partial charge in [-0.25, -0.2) is 4.98 Å². The SMILES string of the molecule is Fc1ncc(Br)cc1C1OCCO1. The highest BCUT2D eigenvalue weighted by Crippen LogP contribution is 2.26. The molecule has 0 unspecified atom stereocenters. The molecule has 0 atom stereocenters. The normalized spacial score (nSPS) is 18.0. The molecule has 0 radical (unpaired) electrons. The number of nitrogens with zero attached hydrogens (tertiary/aromatic N) is 1. The van der Waals surface area contributed by atoms with Gasteiger partial charge in [0.1, 0.15) is 0 Å². The summed E-state index contributed by atoms with van der Waals surface area (Å²) in [5.74, 6) is -0.546. The predicted octanol–water partition coefficient (Wildman–Crippen LogP) is 2.03. The maximum atomic E-state index is 13.1. The average molecular weight is 248 g/mol. The second-order valence-corrected chi connectivity index (χ2v) is 3.52. The highest BCUT2D eigenvalue weighted by molar-refractivity contribution is 9.10. The van der Waals surface area contributed by atoms with Crippen molar-refractivity contribution in [3.8, 4) is 0 Å². The van der Waals surface area contributed by atoms with E-state index in [2.05, 4.69) is 20.9 Å². The molecule has 13 heavy (non-hydrogen) atoms. The quantitative estimate of drug-likeness (QED) is 0.712. The first kappa shape index (κ1) is 9.05. The van der Waals surface area contributed by atoms with Crippen molar-refractivity contribution in [1.82, 2.24) is 4.98 Å². The molecule has 1 aromatic rings. The molecule has 1 aliphatic heterocycles. The molecule has 1 fully saturated rings. The van der Waals surface area contributed by atoms with Gasteiger partial charge in [0.15, 0.2) is 6.29 Å². The summed E-state index contributed by atoms with van der Waals surface area (Å²) in [6.07, 6.45) is 0.790. The van der Waals surface area contributed by atoms with Crippen LogP contribution in [0.1, 0.15) is 11.9 Å². The van der Waals surface area contributed by atoms with Crippen molar-refractivity contribution >= 4 is 15.9 Å². The van der Waals surface area contributed by atoms with E-state index < -0.39 is 12.2 Å². The maximum Gasteiger partial charge on any atom is 0.221 e. The molecule has 1 aromatic heterocycles. The largest absolute Gasteiger partial charge is 0.346 e. The monoisotopic (exact) mass is 247 g/mol. The van der Waals surface area contributed by atoms with Crippen molar-refractivity contribution in [1.29, 1.82) is 0 Å². The Bertz CT molecular complexity index is 315. The standard InChI is InChI=1S/C8H7BrFNO2/c9-5-3-6(7(10)11-4-5)8-12-1-2-13-8/h3-4,8H,1-2H2. The molecule has 1 saturated heterocycles. The van der Waals surface area contributed by atoms with Gasteiger partial charge in [-0.2, -0.15) is 4.39 Å². The van der Waals surface area contributed by atoms with Crippen LogP contribution in [0.15, 0.2) is 16.7 Å². The van der Waals surface area contributed by atoms with E-state index in [4.69, 9.17) is 9.47 Å². The van der Waals surface area contributed by atoms with Crippen molar-refractivity contribution in [2.45, 2.75) is 6.29 Å². The van der Waals surface area contributed by atoms with Crippen molar-refractivity contribution in [2.75, 3.05) is 13.2 Å². The van der Waals surface area contributed by atoms with Crippen LogP contribution in [0.5, 0.6) is 0 Å². The van der Waals surface area contributed by atoms with Gasteiger partial charge in [0.05, 0.1) is 18.8 Å². The first-order chi connectivity index (χ1) is 6.27. The van der Waals surface area contributed by atoms with E-state index in [1.807, 2.05) is 0 Å². The van der Waals surface area contributed by atoms with Crippen LogP contribution in [-0.4, -0.2) is 18.2 Å². The van der Waals surface area contributed by atoms with Crippen LogP contribution >= 0.6 is 15.9 Å². The molecule has 1 aliphatic rings. The van der Waals surface area contributed by atoms with Crippen LogP contribution in [0.2, 0.25) is 0 Å². The van der Waals surface area contributed by atoms with Crippen molar-refractivity contribution < 1.29 is 13.9 Å². The summed E-state index contributed by atoms with van der Waals surface area (Å²) < 4.78 is 24.1. The van der Waals surface area contributed by atoms with Crippen LogP contribution < -0.4 is 0 Å². The van der Waals surface area contributed by atoms with Crippen LogP contribution in [0, 0.1) is 5.95 Å². The van der Waals surface area contributed by atoms with E-state index >= 15 is 0 Å². The molecule has 2 rings (SSSR count). The van der Waals surface area contributed by atoms with Crippen LogP contribution in [0.25, 0.3) is 0 Å². The Morgan fingerprint density at radius 1 is 1.46 bits per heavy atom. The van der Waals surface area contributed by atoms with Crippen molar-refractivity contribution in [3.63, 3.8) is 0 Å². The first-order valence-corrected chi connectivity index (χ1v) is 4.61. The number of hydrogen-bond donors (Lipinski definition) is 0. The Kier molecular flexibility index (Phi) is 2.57. The van der Waals surface area contributed by atoms with Gasteiger partial charge in [0.2, 0.25) is 5.95 Å². The van der Waals surface area contributed by atoms with E-state index in [0.29, 0.717) is 23.2 Å². The lowest BCUT2D eigenvalue weighted by atomic mass is 10.3. The van der Waals surface area contributed by atoms with Gasteiger partial charge in [-0.1, -0.05) is 0 Å². The van der Waals surface area contributed by atoms with E-state index in [1.54, 1.807) is 6.07 Å². The zero-order chi connectivity index (χ0) is 9.26. The predicted molar refractivity (Wildman–Crippen MR) is 46.5 cm³/mol. The highest BCUT2D eigenvalue weighted by atomic mass is 79.9. The molecule has 5 heteroatoms. The lowest BCUT2D eigenvalue weighted by Gasteiger charge is -2.09. The Balaban J connectivity index is 2.32. The number of pyridine rings is 1. The smallest absolute Gasteiger partial charge is 0.221 e. The minimum Gasteiger partial charge on any atom is -0.346 e. The van der Waals surface area contributed by atoms with Crippen molar-refractivity contribution in [2.24, 2.45) is 0 Å². The number of aromatic nitrogens is 1. The second-order valence-electron chi connectivity index (χ2n) is 2.61. The maximum absolute atomic E-state index is 13.1. The molecule has 70 valence electrons. The third-order valence-electron chi connectivity index (χ3n) is 1.71. The third kappa shape index (κ3) is 1.87. The molecule has 0 bridgehead atoms. The molecule has 0 spiro atoms. The fourth-order valence-electron chi connectivity index (χ4n) is 1.14. The van der Waals surface area contributed by atoms with Gasteiger partial charge in [0, 0.05) is 10.7 Å². The molecule has 0 aliphatic carbocycles. The van der Waals surface area contributed by atoms with Gasteiger partial charge >= 0.3 is 0 Å². The van der Waals surface area contributed by atoms with Crippen molar-refractivity contribution in [3.05, 3.63) is 28.2 Å². The lowest BCUT2D eigenvalue weighted by molar-refractivity contribution is -0.0470. The third-order valence-corrected chi connectivity index (χ3v) is 2.14. The molecule has 2 heterocycles. The Morgan fingerprint density at radius 2 is 2.15 bits per heavy atom. The van der Waals surface area contributed by atoms with Gasteiger partial charge in [0.25, 0.3) is 0 Å². The van der Waals surface area contributed by atoms with E-state index in [9.17, 15) is 4.39 Å². The summed E-state index contributed by atoms with van der Waals surface area (Å²) in [5, 5.41) is 0. The topological polar surface area (TPSA) is 31.4 Å². The molecule has 0 aromatic carbocycles. The Labute approximate surface area is 83.0 Å². The van der Waals surface area contributed by atoms with Gasteiger partial charge in [-0.05, 0) is 22.0 Å². The summed E-state index contributed by atoms with van der Waals surface area (Å²) in [5.41, 5.74) is 0.340. The van der Waals surface area contributed by atoms with Crippen LogP contribution in [-0.2, 0) is 9.47 Å². The highest BCUT2D eigenvalue weighted by Gasteiger charge is 2.22. The second kappa shape index (κ2) is 3.69. The van der Waals surface area contributed by atoms with Crippen LogP contribution in [0.4, 0.5) is 4.39 Å². The van der Waals surface area contributed by atoms with Gasteiger partial charge in [-0.3, -0.25) is 0 Å². The first-order valence-electron chi connectivity index (χ1n) is 3.81. The molecule has 0 N–H and O–H groups in total. The zero-order valence-electron chi connectivity index (χ0n) is 6.67. The summed E-state index contributed by atoms with van der Waals surface area (Å²) in [7, 11) is 0. The van der Waals surface area contributed by atoms with E-state index in [0.717, 1.165) is 0 Å². The zero-order valence-corrected chi connectivity index (χ0v) is 8.25. The summed E-state index contributed by atoms with van der Waals surface area (Å²) in [4.78, 5) is 3.55.